The Labute approximate surface area is 100 Å². The number of rotatable bonds is 4. The zero-order valence-electron chi connectivity index (χ0n) is 7.67. The van der Waals surface area contributed by atoms with Crippen LogP contribution >= 0.6 is 27.5 Å². The molecule has 0 atom stereocenters. The smallest absolute Gasteiger partial charge is 0.303 e. The highest BCUT2D eigenvalue weighted by molar-refractivity contribution is 9.10. The van der Waals surface area contributed by atoms with E-state index in [1.807, 2.05) is 0 Å². The van der Waals surface area contributed by atoms with Crippen molar-refractivity contribution in [1.29, 1.82) is 0 Å². The molecule has 0 saturated heterocycles. The van der Waals surface area contributed by atoms with Gasteiger partial charge in [0.05, 0.1) is 6.42 Å². The number of aliphatic carboxylic acids is 1. The maximum Gasteiger partial charge on any atom is 0.303 e. The minimum Gasteiger partial charge on any atom is -0.481 e. The van der Waals surface area contributed by atoms with Crippen molar-refractivity contribution < 1.29 is 14.7 Å². The lowest BCUT2D eigenvalue weighted by Gasteiger charge is -2.02. The molecule has 0 bridgehead atoms. The van der Waals surface area contributed by atoms with Crippen molar-refractivity contribution >= 4 is 39.3 Å². The van der Waals surface area contributed by atoms with E-state index in [9.17, 15) is 9.59 Å². The minimum atomic E-state index is -0.985. The first kappa shape index (κ1) is 12.2. The molecule has 15 heavy (non-hydrogen) atoms. The predicted octanol–water partition coefficient (Wildman–Crippen LogP) is 3.15. The molecule has 0 aromatic heterocycles. The standard InChI is InChI=1S/C10H8BrClO3/c11-8-2-1-6(12)5-7(8)9(13)3-4-10(14)15/h1-2,5H,3-4H2,(H,14,15). The highest BCUT2D eigenvalue weighted by atomic mass is 79.9. The quantitative estimate of drug-likeness (QED) is 0.867. The van der Waals surface area contributed by atoms with Gasteiger partial charge in [-0.1, -0.05) is 27.5 Å². The Balaban J connectivity index is 2.81. The molecule has 1 aromatic carbocycles. The fraction of sp³-hybridized carbons (Fsp3) is 0.200. The number of benzene rings is 1. The second-order valence-corrected chi connectivity index (χ2v) is 4.23. The first-order chi connectivity index (χ1) is 7.00. The number of hydrogen-bond acceptors (Lipinski definition) is 2. The number of Topliss-reactive ketones (excluding diaryl/α,β-unsaturated/α-hetero) is 1. The lowest BCUT2D eigenvalue weighted by molar-refractivity contribution is -0.136. The number of halogens is 2. The third kappa shape index (κ3) is 3.64. The van der Waals surface area contributed by atoms with Crippen LogP contribution in [-0.4, -0.2) is 16.9 Å². The van der Waals surface area contributed by atoms with E-state index in [1.54, 1.807) is 12.1 Å². The number of ketones is 1. The van der Waals surface area contributed by atoms with Crippen LogP contribution in [0.3, 0.4) is 0 Å². The molecule has 0 heterocycles. The molecule has 0 aliphatic rings. The van der Waals surface area contributed by atoms with Crippen molar-refractivity contribution in [3.63, 3.8) is 0 Å². The van der Waals surface area contributed by atoms with Crippen LogP contribution < -0.4 is 0 Å². The topological polar surface area (TPSA) is 54.4 Å². The maximum absolute atomic E-state index is 11.6. The Morgan fingerprint density at radius 2 is 2.00 bits per heavy atom. The Kier molecular flexibility index (Phi) is 4.29. The zero-order valence-corrected chi connectivity index (χ0v) is 10.0. The second-order valence-electron chi connectivity index (χ2n) is 2.94. The highest BCUT2D eigenvalue weighted by Gasteiger charge is 2.12. The van der Waals surface area contributed by atoms with Gasteiger partial charge in [0, 0.05) is 21.5 Å². The van der Waals surface area contributed by atoms with Gasteiger partial charge >= 0.3 is 5.97 Å². The lowest BCUT2D eigenvalue weighted by atomic mass is 10.1. The number of hydrogen-bond donors (Lipinski definition) is 1. The Hall–Kier alpha value is -0.870. The van der Waals surface area contributed by atoms with Gasteiger partial charge in [-0.25, -0.2) is 0 Å². The molecule has 0 radical (unpaired) electrons. The van der Waals surface area contributed by atoms with Crippen molar-refractivity contribution in [2.75, 3.05) is 0 Å². The molecule has 0 spiro atoms. The minimum absolute atomic E-state index is 0.0196. The van der Waals surface area contributed by atoms with Crippen LogP contribution in [0.25, 0.3) is 0 Å². The van der Waals surface area contributed by atoms with E-state index in [4.69, 9.17) is 16.7 Å². The molecular weight excluding hydrogens is 283 g/mol. The van der Waals surface area contributed by atoms with Crippen molar-refractivity contribution in [2.45, 2.75) is 12.8 Å². The molecule has 3 nitrogen and oxygen atoms in total. The fourth-order valence-corrected chi connectivity index (χ4v) is 1.71. The summed E-state index contributed by atoms with van der Waals surface area (Å²) in [6.07, 6.45) is -0.188. The van der Waals surface area contributed by atoms with Crippen LogP contribution in [0.1, 0.15) is 23.2 Å². The van der Waals surface area contributed by atoms with Crippen molar-refractivity contribution in [2.24, 2.45) is 0 Å². The molecule has 1 N–H and O–H groups in total. The average molecular weight is 292 g/mol. The zero-order chi connectivity index (χ0) is 11.4. The predicted molar refractivity (Wildman–Crippen MR) is 60.4 cm³/mol. The third-order valence-electron chi connectivity index (χ3n) is 1.79. The van der Waals surface area contributed by atoms with Crippen LogP contribution in [0.5, 0.6) is 0 Å². The number of carbonyl (C=O) groups excluding carboxylic acids is 1. The number of carboxylic acids is 1. The summed E-state index contributed by atoms with van der Waals surface area (Å²) in [4.78, 5) is 21.9. The molecule has 0 amide bonds. The summed E-state index contributed by atoms with van der Waals surface area (Å²) >= 11 is 8.95. The van der Waals surface area contributed by atoms with Crippen molar-refractivity contribution in [3.05, 3.63) is 33.3 Å². The van der Waals surface area contributed by atoms with Gasteiger partial charge in [0.2, 0.25) is 0 Å². The summed E-state index contributed by atoms with van der Waals surface area (Å²) in [6.45, 7) is 0. The fourth-order valence-electron chi connectivity index (χ4n) is 1.07. The van der Waals surface area contributed by atoms with Gasteiger partial charge in [0.1, 0.15) is 0 Å². The summed E-state index contributed by atoms with van der Waals surface area (Å²) in [5, 5.41) is 8.90. The molecule has 1 rings (SSSR count). The Morgan fingerprint density at radius 3 is 2.60 bits per heavy atom. The summed E-state index contributed by atoms with van der Waals surface area (Å²) in [7, 11) is 0. The molecule has 0 aliphatic carbocycles. The normalized spacial score (nSPS) is 10.0. The Bertz CT molecular complexity index is 404. The average Bonchev–Trinajstić information content (AvgIpc) is 2.18. The van der Waals surface area contributed by atoms with E-state index in [1.165, 1.54) is 6.07 Å². The van der Waals surface area contributed by atoms with Crippen LogP contribution in [0, 0.1) is 0 Å². The van der Waals surface area contributed by atoms with E-state index in [-0.39, 0.29) is 18.6 Å². The van der Waals surface area contributed by atoms with Crippen molar-refractivity contribution in [1.82, 2.24) is 0 Å². The van der Waals surface area contributed by atoms with Gasteiger partial charge in [0.25, 0.3) is 0 Å². The number of carboxylic acid groups (broad SMARTS) is 1. The number of carbonyl (C=O) groups is 2. The van der Waals surface area contributed by atoms with Crippen LogP contribution in [0.2, 0.25) is 5.02 Å². The maximum atomic E-state index is 11.6. The highest BCUT2D eigenvalue weighted by Crippen LogP contribution is 2.22. The molecule has 0 fully saturated rings. The van der Waals surface area contributed by atoms with Crippen molar-refractivity contribution in [3.8, 4) is 0 Å². The van der Waals surface area contributed by atoms with E-state index in [0.717, 1.165) is 0 Å². The molecule has 0 unspecified atom stereocenters. The first-order valence-corrected chi connectivity index (χ1v) is 5.38. The second kappa shape index (κ2) is 5.28. The molecule has 80 valence electrons. The monoisotopic (exact) mass is 290 g/mol. The summed E-state index contributed by atoms with van der Waals surface area (Å²) in [5.41, 5.74) is 0.420. The van der Waals surface area contributed by atoms with Crippen LogP contribution in [0.4, 0.5) is 0 Å². The first-order valence-electron chi connectivity index (χ1n) is 4.20. The Morgan fingerprint density at radius 1 is 1.33 bits per heavy atom. The largest absolute Gasteiger partial charge is 0.481 e. The van der Waals surface area contributed by atoms with Crippen LogP contribution in [0.15, 0.2) is 22.7 Å². The summed E-state index contributed by atoms with van der Waals surface area (Å²) in [6, 6.07) is 4.84. The van der Waals surface area contributed by atoms with E-state index in [0.29, 0.717) is 15.1 Å². The molecule has 5 heteroatoms. The lowest BCUT2D eigenvalue weighted by Crippen LogP contribution is -2.04. The van der Waals surface area contributed by atoms with Gasteiger partial charge in [-0.3, -0.25) is 9.59 Å². The molecule has 1 aromatic rings. The molecular formula is C10H8BrClO3. The van der Waals surface area contributed by atoms with E-state index >= 15 is 0 Å². The van der Waals surface area contributed by atoms with Gasteiger partial charge in [0.15, 0.2) is 5.78 Å². The van der Waals surface area contributed by atoms with Gasteiger partial charge in [-0.05, 0) is 18.2 Å². The van der Waals surface area contributed by atoms with Crippen LogP contribution in [-0.2, 0) is 4.79 Å². The van der Waals surface area contributed by atoms with E-state index < -0.39 is 5.97 Å². The SMILES string of the molecule is O=C(O)CCC(=O)c1cc(Cl)ccc1Br. The third-order valence-corrected chi connectivity index (χ3v) is 2.72. The summed E-state index contributed by atoms with van der Waals surface area (Å²) in [5.74, 6) is -1.21. The molecule has 0 saturated carbocycles. The molecule has 0 aliphatic heterocycles. The van der Waals surface area contributed by atoms with Gasteiger partial charge in [-0.15, -0.1) is 0 Å². The van der Waals surface area contributed by atoms with Gasteiger partial charge < -0.3 is 5.11 Å². The summed E-state index contributed by atoms with van der Waals surface area (Å²) < 4.78 is 0.627. The van der Waals surface area contributed by atoms with Gasteiger partial charge in [-0.2, -0.15) is 0 Å². The van der Waals surface area contributed by atoms with E-state index in [2.05, 4.69) is 15.9 Å².